The van der Waals surface area contributed by atoms with Crippen molar-refractivity contribution in [1.82, 2.24) is 10.6 Å². The lowest BCUT2D eigenvalue weighted by Gasteiger charge is -2.23. The number of amides is 2. The number of rotatable bonds is 2. The fourth-order valence-electron chi connectivity index (χ4n) is 1.40. The number of carbonyl (C=O) groups excluding carboxylic acids is 1. The van der Waals surface area contributed by atoms with Gasteiger partial charge >= 0.3 is 6.03 Å². The topological polar surface area (TPSA) is 41.1 Å². The monoisotopic (exact) mass is 220 g/mol. The van der Waals surface area contributed by atoms with Crippen molar-refractivity contribution in [3.8, 4) is 0 Å². The van der Waals surface area contributed by atoms with Gasteiger partial charge in [0.15, 0.2) is 0 Å². The first-order valence-electron chi connectivity index (χ1n) is 5.52. The Morgan fingerprint density at radius 1 is 1.19 bits per heavy atom. The molecule has 3 heteroatoms. The fourth-order valence-corrected chi connectivity index (χ4v) is 1.40. The molecule has 0 saturated heterocycles. The van der Waals surface area contributed by atoms with E-state index in [0.717, 1.165) is 5.56 Å². The molecule has 0 aliphatic rings. The number of hydrogen-bond acceptors (Lipinski definition) is 1. The third-order valence-electron chi connectivity index (χ3n) is 2.14. The summed E-state index contributed by atoms with van der Waals surface area (Å²) in [5, 5.41) is 5.77. The van der Waals surface area contributed by atoms with Gasteiger partial charge in [-0.1, -0.05) is 30.3 Å². The van der Waals surface area contributed by atoms with E-state index in [2.05, 4.69) is 10.6 Å². The molecule has 0 heterocycles. The molecule has 2 N–H and O–H groups in total. The Labute approximate surface area is 97.2 Å². The van der Waals surface area contributed by atoms with Crippen LogP contribution in [0, 0.1) is 0 Å². The van der Waals surface area contributed by atoms with Gasteiger partial charge in [-0.25, -0.2) is 4.79 Å². The zero-order chi connectivity index (χ0) is 12.2. The minimum absolute atomic E-state index is 0.0172. The Morgan fingerprint density at radius 2 is 1.75 bits per heavy atom. The number of carbonyl (C=O) groups is 1. The molecule has 0 bridgehead atoms. The first-order chi connectivity index (χ1) is 7.38. The maximum atomic E-state index is 11.6. The molecule has 0 aromatic heterocycles. The molecule has 0 saturated carbocycles. The highest BCUT2D eigenvalue weighted by atomic mass is 16.2. The molecule has 0 aliphatic heterocycles. The summed E-state index contributed by atoms with van der Waals surface area (Å²) in [4.78, 5) is 11.6. The SMILES string of the molecule is CC(NC(=O)NC(C)(C)C)c1ccccc1. The second kappa shape index (κ2) is 5.01. The lowest BCUT2D eigenvalue weighted by molar-refractivity contribution is 0.229. The van der Waals surface area contributed by atoms with Gasteiger partial charge in [0.05, 0.1) is 6.04 Å². The van der Waals surface area contributed by atoms with E-state index in [9.17, 15) is 4.79 Å². The Kier molecular flexibility index (Phi) is 3.93. The van der Waals surface area contributed by atoms with Crippen molar-refractivity contribution in [2.24, 2.45) is 0 Å². The van der Waals surface area contributed by atoms with Gasteiger partial charge in [0.2, 0.25) is 0 Å². The van der Waals surface area contributed by atoms with E-state index in [4.69, 9.17) is 0 Å². The van der Waals surface area contributed by atoms with Crippen LogP contribution in [-0.4, -0.2) is 11.6 Å². The predicted molar refractivity (Wildman–Crippen MR) is 66.3 cm³/mol. The first kappa shape index (κ1) is 12.6. The summed E-state index contributed by atoms with van der Waals surface area (Å²) in [5.74, 6) is 0. The molecule has 3 nitrogen and oxygen atoms in total. The van der Waals surface area contributed by atoms with Crippen LogP contribution in [0.15, 0.2) is 30.3 Å². The molecule has 0 aliphatic carbocycles. The van der Waals surface area contributed by atoms with Crippen LogP contribution in [-0.2, 0) is 0 Å². The van der Waals surface area contributed by atoms with Crippen LogP contribution in [0.25, 0.3) is 0 Å². The van der Waals surface area contributed by atoms with E-state index in [-0.39, 0.29) is 17.6 Å². The average Bonchev–Trinajstić information content (AvgIpc) is 2.16. The molecule has 0 fully saturated rings. The summed E-state index contributed by atoms with van der Waals surface area (Å²) in [5.41, 5.74) is 0.895. The minimum Gasteiger partial charge on any atom is -0.334 e. The van der Waals surface area contributed by atoms with E-state index in [1.54, 1.807) is 0 Å². The van der Waals surface area contributed by atoms with Crippen molar-refractivity contribution in [3.63, 3.8) is 0 Å². The van der Waals surface area contributed by atoms with Crippen LogP contribution in [0.2, 0.25) is 0 Å². The summed E-state index contributed by atoms with van der Waals surface area (Å²) in [6.45, 7) is 7.84. The molecule has 1 atom stereocenters. The van der Waals surface area contributed by atoms with E-state index < -0.39 is 0 Å². The highest BCUT2D eigenvalue weighted by Gasteiger charge is 2.15. The molecule has 1 rings (SSSR count). The molecule has 0 spiro atoms. The lowest BCUT2D eigenvalue weighted by atomic mass is 10.1. The molecule has 0 radical (unpaired) electrons. The first-order valence-corrected chi connectivity index (χ1v) is 5.52. The Hall–Kier alpha value is -1.51. The fraction of sp³-hybridized carbons (Fsp3) is 0.462. The number of benzene rings is 1. The summed E-state index contributed by atoms with van der Waals surface area (Å²) >= 11 is 0. The van der Waals surface area contributed by atoms with E-state index in [1.165, 1.54) is 0 Å². The van der Waals surface area contributed by atoms with Crippen molar-refractivity contribution < 1.29 is 4.79 Å². The van der Waals surface area contributed by atoms with Gasteiger partial charge in [0.25, 0.3) is 0 Å². The Morgan fingerprint density at radius 3 is 2.25 bits per heavy atom. The Balaban J connectivity index is 2.52. The number of urea groups is 1. The molecule has 16 heavy (non-hydrogen) atoms. The van der Waals surface area contributed by atoms with Crippen LogP contribution in [0.3, 0.4) is 0 Å². The molecule has 2 amide bonds. The van der Waals surface area contributed by atoms with Crippen LogP contribution >= 0.6 is 0 Å². The van der Waals surface area contributed by atoms with Crippen LogP contribution in [0.4, 0.5) is 4.79 Å². The van der Waals surface area contributed by atoms with Gasteiger partial charge in [0, 0.05) is 5.54 Å². The molecule has 1 unspecified atom stereocenters. The largest absolute Gasteiger partial charge is 0.334 e. The molecule has 1 aromatic rings. The van der Waals surface area contributed by atoms with Gasteiger partial charge in [0.1, 0.15) is 0 Å². The smallest absolute Gasteiger partial charge is 0.315 e. The van der Waals surface area contributed by atoms with Crippen molar-refractivity contribution >= 4 is 6.03 Å². The second-order valence-corrected chi connectivity index (χ2v) is 4.98. The van der Waals surface area contributed by atoms with Gasteiger partial charge in [-0.05, 0) is 33.3 Å². The van der Waals surface area contributed by atoms with E-state index in [0.29, 0.717) is 0 Å². The van der Waals surface area contributed by atoms with Gasteiger partial charge in [-0.15, -0.1) is 0 Å². The average molecular weight is 220 g/mol. The highest BCUT2D eigenvalue weighted by Crippen LogP contribution is 2.11. The highest BCUT2D eigenvalue weighted by molar-refractivity contribution is 5.75. The van der Waals surface area contributed by atoms with E-state index >= 15 is 0 Å². The lowest BCUT2D eigenvalue weighted by Crippen LogP contribution is -2.47. The molecule has 88 valence electrons. The van der Waals surface area contributed by atoms with Crippen molar-refractivity contribution in [1.29, 1.82) is 0 Å². The summed E-state index contributed by atoms with van der Waals surface area (Å²) in [7, 11) is 0. The minimum atomic E-state index is -0.208. The third-order valence-corrected chi connectivity index (χ3v) is 2.14. The normalized spacial score (nSPS) is 13.0. The van der Waals surface area contributed by atoms with Gasteiger partial charge in [-0.3, -0.25) is 0 Å². The zero-order valence-electron chi connectivity index (χ0n) is 10.4. The van der Waals surface area contributed by atoms with Gasteiger partial charge < -0.3 is 10.6 Å². The molecular formula is C13H20N2O. The summed E-state index contributed by atoms with van der Waals surface area (Å²) in [6.07, 6.45) is 0. The Bertz CT molecular complexity index is 341. The standard InChI is InChI=1S/C13H20N2O/c1-10(11-8-6-5-7-9-11)14-12(16)15-13(2,3)4/h5-10H,1-4H3,(H2,14,15,16). The van der Waals surface area contributed by atoms with Crippen molar-refractivity contribution in [2.75, 3.05) is 0 Å². The number of hydrogen-bond donors (Lipinski definition) is 2. The van der Waals surface area contributed by atoms with Crippen LogP contribution < -0.4 is 10.6 Å². The van der Waals surface area contributed by atoms with Crippen molar-refractivity contribution in [3.05, 3.63) is 35.9 Å². The van der Waals surface area contributed by atoms with Crippen molar-refractivity contribution in [2.45, 2.75) is 39.3 Å². The maximum absolute atomic E-state index is 11.6. The van der Waals surface area contributed by atoms with Gasteiger partial charge in [-0.2, -0.15) is 0 Å². The second-order valence-electron chi connectivity index (χ2n) is 4.98. The quantitative estimate of drug-likeness (QED) is 0.790. The molecular weight excluding hydrogens is 200 g/mol. The van der Waals surface area contributed by atoms with Crippen LogP contribution in [0.1, 0.15) is 39.3 Å². The molecule has 1 aromatic carbocycles. The summed E-state index contributed by atoms with van der Waals surface area (Å²) in [6, 6.07) is 9.78. The third kappa shape index (κ3) is 4.34. The maximum Gasteiger partial charge on any atom is 0.315 e. The van der Waals surface area contributed by atoms with Crippen LogP contribution in [0.5, 0.6) is 0 Å². The number of nitrogens with one attached hydrogen (secondary N) is 2. The summed E-state index contributed by atoms with van der Waals surface area (Å²) < 4.78 is 0. The van der Waals surface area contributed by atoms with E-state index in [1.807, 2.05) is 58.0 Å². The predicted octanol–water partition coefficient (Wildman–Crippen LogP) is 2.85. The zero-order valence-corrected chi connectivity index (χ0v) is 10.4.